The van der Waals surface area contributed by atoms with Crippen molar-refractivity contribution < 1.29 is 4.74 Å². The van der Waals surface area contributed by atoms with Crippen LogP contribution in [0, 0.1) is 0 Å². The normalized spacial score (nSPS) is 19.6. The second kappa shape index (κ2) is 7.27. The SMILES string of the molecule is COc1ccc(/C=C/CN2CCC[C@@H](c3ncc[nH]3)C2)cc1. The van der Waals surface area contributed by atoms with Crippen LogP contribution in [-0.4, -0.2) is 41.6 Å². The molecule has 1 N–H and O–H groups in total. The van der Waals surface area contributed by atoms with Gasteiger partial charge in [-0.25, -0.2) is 4.98 Å². The number of hydrogen-bond donors (Lipinski definition) is 1. The molecule has 1 aliphatic heterocycles. The number of H-pyrrole nitrogens is 1. The van der Waals surface area contributed by atoms with Gasteiger partial charge in [0.15, 0.2) is 0 Å². The fourth-order valence-corrected chi connectivity index (χ4v) is 3.00. The quantitative estimate of drug-likeness (QED) is 0.920. The number of methoxy groups -OCH3 is 1. The highest BCUT2D eigenvalue weighted by Crippen LogP contribution is 2.24. The van der Waals surface area contributed by atoms with E-state index in [0.29, 0.717) is 5.92 Å². The second-order valence-electron chi connectivity index (χ2n) is 5.75. The molecule has 0 unspecified atom stereocenters. The maximum absolute atomic E-state index is 5.17. The van der Waals surface area contributed by atoms with Gasteiger partial charge >= 0.3 is 0 Å². The highest BCUT2D eigenvalue weighted by Gasteiger charge is 2.21. The van der Waals surface area contributed by atoms with Crippen molar-refractivity contribution in [2.45, 2.75) is 18.8 Å². The molecule has 1 saturated heterocycles. The molecule has 1 fully saturated rings. The highest BCUT2D eigenvalue weighted by molar-refractivity contribution is 5.50. The number of aromatic nitrogens is 2. The molecule has 116 valence electrons. The molecule has 1 aliphatic rings. The summed E-state index contributed by atoms with van der Waals surface area (Å²) in [7, 11) is 1.69. The van der Waals surface area contributed by atoms with Crippen LogP contribution in [0.25, 0.3) is 6.08 Å². The first-order valence-corrected chi connectivity index (χ1v) is 7.87. The molecule has 0 bridgehead atoms. The zero-order valence-corrected chi connectivity index (χ0v) is 13.0. The van der Waals surface area contributed by atoms with Crippen molar-refractivity contribution in [3.8, 4) is 5.75 Å². The van der Waals surface area contributed by atoms with E-state index in [4.69, 9.17) is 4.74 Å². The molecule has 2 aromatic rings. The van der Waals surface area contributed by atoms with Crippen LogP contribution in [0.15, 0.2) is 42.7 Å². The molecule has 22 heavy (non-hydrogen) atoms. The molecule has 0 radical (unpaired) electrons. The van der Waals surface area contributed by atoms with Crippen LogP contribution in [0.2, 0.25) is 0 Å². The van der Waals surface area contributed by atoms with E-state index in [2.05, 4.69) is 39.2 Å². The van der Waals surface area contributed by atoms with Crippen molar-refractivity contribution in [1.29, 1.82) is 0 Å². The lowest BCUT2D eigenvalue weighted by molar-refractivity contribution is 0.224. The maximum atomic E-state index is 5.17. The Balaban J connectivity index is 1.53. The molecule has 0 spiro atoms. The van der Waals surface area contributed by atoms with Gasteiger partial charge in [-0.2, -0.15) is 0 Å². The molecule has 1 atom stereocenters. The van der Waals surface area contributed by atoms with Crippen molar-refractivity contribution in [3.63, 3.8) is 0 Å². The number of piperidine rings is 1. The van der Waals surface area contributed by atoms with Crippen LogP contribution >= 0.6 is 0 Å². The molecule has 0 saturated carbocycles. The van der Waals surface area contributed by atoms with E-state index >= 15 is 0 Å². The molecular formula is C18H23N3O. The lowest BCUT2D eigenvalue weighted by Gasteiger charge is -2.30. The summed E-state index contributed by atoms with van der Waals surface area (Å²) in [5, 5.41) is 0. The van der Waals surface area contributed by atoms with E-state index in [-0.39, 0.29) is 0 Å². The van der Waals surface area contributed by atoms with Crippen LogP contribution in [0.4, 0.5) is 0 Å². The van der Waals surface area contributed by atoms with Gasteiger partial charge in [-0.15, -0.1) is 0 Å². The largest absolute Gasteiger partial charge is 0.497 e. The maximum Gasteiger partial charge on any atom is 0.118 e. The predicted molar refractivity (Wildman–Crippen MR) is 89.0 cm³/mol. The van der Waals surface area contributed by atoms with Gasteiger partial charge in [0, 0.05) is 31.4 Å². The van der Waals surface area contributed by atoms with Crippen molar-refractivity contribution in [1.82, 2.24) is 14.9 Å². The third-order valence-corrected chi connectivity index (χ3v) is 4.20. The smallest absolute Gasteiger partial charge is 0.118 e. The summed E-state index contributed by atoms with van der Waals surface area (Å²) >= 11 is 0. The Labute approximate surface area is 131 Å². The van der Waals surface area contributed by atoms with Crippen molar-refractivity contribution >= 4 is 6.08 Å². The molecule has 4 heteroatoms. The lowest BCUT2D eigenvalue weighted by Crippen LogP contribution is -2.34. The number of hydrogen-bond acceptors (Lipinski definition) is 3. The van der Waals surface area contributed by atoms with Crippen LogP contribution in [0.1, 0.15) is 30.1 Å². The molecule has 1 aromatic carbocycles. The van der Waals surface area contributed by atoms with Crippen molar-refractivity contribution in [3.05, 3.63) is 54.1 Å². The molecule has 4 nitrogen and oxygen atoms in total. The Bertz CT molecular complexity index is 589. The van der Waals surface area contributed by atoms with Gasteiger partial charge in [-0.3, -0.25) is 4.90 Å². The fraction of sp³-hybridized carbons (Fsp3) is 0.389. The Morgan fingerprint density at radius 1 is 1.36 bits per heavy atom. The van der Waals surface area contributed by atoms with Crippen molar-refractivity contribution in [2.24, 2.45) is 0 Å². The fourth-order valence-electron chi connectivity index (χ4n) is 3.00. The summed E-state index contributed by atoms with van der Waals surface area (Å²) in [5.74, 6) is 2.57. The summed E-state index contributed by atoms with van der Waals surface area (Å²) in [5.41, 5.74) is 1.21. The molecule has 0 aliphatic carbocycles. The van der Waals surface area contributed by atoms with E-state index < -0.39 is 0 Å². The van der Waals surface area contributed by atoms with Crippen LogP contribution < -0.4 is 4.74 Å². The van der Waals surface area contributed by atoms with Gasteiger partial charge in [-0.1, -0.05) is 24.3 Å². The monoisotopic (exact) mass is 297 g/mol. The van der Waals surface area contributed by atoms with Crippen molar-refractivity contribution in [2.75, 3.05) is 26.7 Å². The number of nitrogens with zero attached hydrogens (tertiary/aromatic N) is 2. The molecule has 0 amide bonds. The first kappa shape index (κ1) is 14.9. The first-order valence-electron chi connectivity index (χ1n) is 7.87. The van der Waals surface area contributed by atoms with E-state index in [1.54, 1.807) is 7.11 Å². The molecular weight excluding hydrogens is 274 g/mol. The van der Waals surface area contributed by atoms with Gasteiger partial charge < -0.3 is 9.72 Å². The summed E-state index contributed by atoms with van der Waals surface area (Å²) < 4.78 is 5.17. The number of nitrogens with one attached hydrogen (secondary N) is 1. The minimum atomic E-state index is 0.540. The minimum absolute atomic E-state index is 0.540. The first-order chi connectivity index (χ1) is 10.8. The number of imidazole rings is 1. The van der Waals surface area contributed by atoms with Gasteiger partial charge in [0.2, 0.25) is 0 Å². The Morgan fingerprint density at radius 3 is 2.95 bits per heavy atom. The van der Waals surface area contributed by atoms with Gasteiger partial charge in [0.05, 0.1) is 7.11 Å². The Kier molecular flexibility index (Phi) is 4.91. The van der Waals surface area contributed by atoms with Crippen LogP contribution in [0.3, 0.4) is 0 Å². The average molecular weight is 297 g/mol. The predicted octanol–water partition coefficient (Wildman–Crippen LogP) is 3.31. The standard InChI is InChI=1S/C18H23N3O/c1-22-17-8-6-15(7-9-17)4-2-12-21-13-3-5-16(14-21)18-19-10-11-20-18/h2,4,6-11,16H,3,5,12-14H2,1H3,(H,19,20)/b4-2+/t16-/m1/s1. The number of likely N-dealkylation sites (tertiary alicyclic amines) is 1. The molecule has 2 heterocycles. The summed E-state index contributed by atoms with van der Waals surface area (Å²) in [6.45, 7) is 3.24. The second-order valence-corrected chi connectivity index (χ2v) is 5.75. The van der Waals surface area contributed by atoms with Gasteiger partial charge in [0.1, 0.15) is 11.6 Å². The van der Waals surface area contributed by atoms with E-state index in [1.165, 1.54) is 24.9 Å². The highest BCUT2D eigenvalue weighted by atomic mass is 16.5. The van der Waals surface area contributed by atoms with Crippen LogP contribution in [-0.2, 0) is 0 Å². The average Bonchev–Trinajstić information content (AvgIpc) is 3.10. The third-order valence-electron chi connectivity index (χ3n) is 4.20. The third kappa shape index (κ3) is 3.77. The number of rotatable bonds is 5. The summed E-state index contributed by atoms with van der Waals surface area (Å²) in [4.78, 5) is 10.2. The van der Waals surface area contributed by atoms with E-state index in [1.807, 2.05) is 24.5 Å². The summed E-state index contributed by atoms with van der Waals surface area (Å²) in [6.07, 6.45) is 10.6. The molecule has 3 rings (SSSR count). The van der Waals surface area contributed by atoms with Gasteiger partial charge in [0.25, 0.3) is 0 Å². The Hall–Kier alpha value is -2.07. The number of aromatic amines is 1. The minimum Gasteiger partial charge on any atom is -0.497 e. The zero-order valence-electron chi connectivity index (χ0n) is 13.0. The number of ether oxygens (including phenoxy) is 1. The topological polar surface area (TPSA) is 41.1 Å². The molecule has 1 aromatic heterocycles. The van der Waals surface area contributed by atoms with Gasteiger partial charge in [-0.05, 0) is 37.1 Å². The Morgan fingerprint density at radius 2 is 2.23 bits per heavy atom. The van der Waals surface area contributed by atoms with E-state index in [0.717, 1.165) is 24.7 Å². The zero-order chi connectivity index (χ0) is 15.2. The van der Waals surface area contributed by atoms with E-state index in [9.17, 15) is 0 Å². The summed E-state index contributed by atoms with van der Waals surface area (Å²) in [6, 6.07) is 8.15. The number of benzene rings is 1. The van der Waals surface area contributed by atoms with Crippen LogP contribution in [0.5, 0.6) is 5.75 Å². The lowest BCUT2D eigenvalue weighted by atomic mass is 9.97.